The number of amides is 1. The molecule has 7 heteroatoms. The van der Waals surface area contributed by atoms with Crippen LogP contribution in [-0.4, -0.2) is 27.8 Å². The third-order valence-corrected chi connectivity index (χ3v) is 5.92. The summed E-state index contributed by atoms with van der Waals surface area (Å²) in [6.45, 7) is 4.28. The molecule has 1 aromatic carbocycles. The molecule has 0 aliphatic rings. The molecule has 130 valence electrons. The Kier molecular flexibility index (Phi) is 5.24. The fourth-order valence-electron chi connectivity index (χ4n) is 2.55. The molecule has 1 atom stereocenters. The van der Waals surface area contributed by atoms with E-state index in [2.05, 4.69) is 4.98 Å². The second-order valence-corrected chi connectivity index (χ2v) is 7.80. The number of fused-ring (bicyclic) bond motifs is 1. The van der Waals surface area contributed by atoms with E-state index in [4.69, 9.17) is 0 Å². The van der Waals surface area contributed by atoms with E-state index >= 15 is 0 Å². The molecule has 2 heterocycles. The third-order valence-electron chi connectivity index (χ3n) is 3.95. The van der Waals surface area contributed by atoms with E-state index in [1.165, 1.54) is 23.1 Å². The maximum Gasteiger partial charge on any atom is 0.272 e. The van der Waals surface area contributed by atoms with Crippen molar-refractivity contribution in [3.8, 4) is 0 Å². The molecule has 25 heavy (non-hydrogen) atoms. The largest absolute Gasteiger partial charge is 0.315 e. The van der Waals surface area contributed by atoms with E-state index < -0.39 is 0 Å². The molecule has 1 unspecified atom stereocenters. The highest BCUT2D eigenvalue weighted by Crippen LogP contribution is 2.26. The molecule has 1 amide bonds. The van der Waals surface area contributed by atoms with Gasteiger partial charge in [0.05, 0.1) is 10.8 Å². The number of aromatic nitrogens is 2. The van der Waals surface area contributed by atoms with Gasteiger partial charge in [-0.2, -0.15) is 0 Å². The van der Waals surface area contributed by atoms with Gasteiger partial charge in [-0.05, 0) is 37.4 Å². The molecule has 0 aliphatic heterocycles. The van der Waals surface area contributed by atoms with Crippen molar-refractivity contribution in [1.29, 1.82) is 0 Å². The summed E-state index contributed by atoms with van der Waals surface area (Å²) in [5.41, 5.74) is 1.49. The van der Waals surface area contributed by atoms with Crippen molar-refractivity contribution in [2.75, 3.05) is 11.9 Å². The highest BCUT2D eigenvalue weighted by molar-refractivity contribution is 8.00. The predicted molar refractivity (Wildman–Crippen MR) is 105 cm³/mol. The average molecular weight is 374 g/mol. The number of thioether (sulfide) groups is 1. The Morgan fingerprint density at radius 2 is 2.04 bits per heavy atom. The van der Waals surface area contributed by atoms with E-state index in [1.54, 1.807) is 16.5 Å². The number of carbonyl (C=O) groups is 1. The summed E-state index contributed by atoms with van der Waals surface area (Å²) in [6.07, 6.45) is 0. The van der Waals surface area contributed by atoms with Gasteiger partial charge < -0.3 is 4.90 Å². The Balaban J connectivity index is 1.87. The zero-order valence-corrected chi connectivity index (χ0v) is 15.9. The summed E-state index contributed by atoms with van der Waals surface area (Å²) >= 11 is 2.72. The molecule has 0 N–H and O–H groups in total. The maximum atomic E-state index is 12.7. The highest BCUT2D eigenvalue weighted by atomic mass is 32.2. The lowest BCUT2D eigenvalue weighted by Gasteiger charge is -2.21. The van der Waals surface area contributed by atoms with Crippen molar-refractivity contribution in [1.82, 2.24) is 9.55 Å². The number of nitrogens with zero attached hydrogens (tertiary/aromatic N) is 3. The van der Waals surface area contributed by atoms with Crippen molar-refractivity contribution in [3.63, 3.8) is 0 Å². The molecule has 0 saturated heterocycles. The van der Waals surface area contributed by atoms with Gasteiger partial charge in [0.15, 0.2) is 5.16 Å². The standard InChI is InChI=1S/C18H19N3O2S2/c1-4-21-17(23)15-14(10-11-24-15)19-18(21)25-12(2)16(22)20(3)13-8-6-5-7-9-13/h5-12H,4H2,1-3H3. The Hall–Kier alpha value is -2.12. The lowest BCUT2D eigenvalue weighted by Crippen LogP contribution is -2.33. The molecular weight excluding hydrogens is 354 g/mol. The monoisotopic (exact) mass is 373 g/mol. The molecule has 0 fully saturated rings. The van der Waals surface area contributed by atoms with Crippen LogP contribution in [0.4, 0.5) is 5.69 Å². The van der Waals surface area contributed by atoms with Crippen LogP contribution in [0.25, 0.3) is 10.2 Å². The van der Waals surface area contributed by atoms with Crippen LogP contribution >= 0.6 is 23.1 Å². The molecule has 0 radical (unpaired) electrons. The minimum Gasteiger partial charge on any atom is -0.315 e. The van der Waals surface area contributed by atoms with Gasteiger partial charge in [0.25, 0.3) is 5.56 Å². The maximum absolute atomic E-state index is 12.7. The van der Waals surface area contributed by atoms with Crippen molar-refractivity contribution in [3.05, 3.63) is 52.1 Å². The van der Waals surface area contributed by atoms with Crippen LogP contribution in [-0.2, 0) is 11.3 Å². The Bertz CT molecular complexity index is 950. The van der Waals surface area contributed by atoms with E-state index in [-0.39, 0.29) is 16.7 Å². The number of para-hydroxylation sites is 1. The molecule has 0 bridgehead atoms. The zero-order valence-electron chi connectivity index (χ0n) is 14.3. The molecular formula is C18H19N3O2S2. The minimum absolute atomic E-state index is 0.0292. The number of thiophene rings is 1. The van der Waals surface area contributed by atoms with Crippen LogP contribution in [0.1, 0.15) is 13.8 Å². The van der Waals surface area contributed by atoms with Gasteiger partial charge in [-0.15, -0.1) is 11.3 Å². The zero-order chi connectivity index (χ0) is 18.0. The number of rotatable bonds is 5. The average Bonchev–Trinajstić information content (AvgIpc) is 3.10. The van der Waals surface area contributed by atoms with Crippen LogP contribution < -0.4 is 10.5 Å². The summed E-state index contributed by atoms with van der Waals surface area (Å²) < 4.78 is 2.29. The fourth-order valence-corrected chi connectivity index (χ4v) is 4.40. The van der Waals surface area contributed by atoms with Crippen molar-refractivity contribution in [2.24, 2.45) is 0 Å². The van der Waals surface area contributed by atoms with Crippen molar-refractivity contribution in [2.45, 2.75) is 30.8 Å². The van der Waals surface area contributed by atoms with Gasteiger partial charge in [0.2, 0.25) is 5.91 Å². The molecule has 3 aromatic rings. The van der Waals surface area contributed by atoms with Crippen LogP contribution in [0, 0.1) is 0 Å². The molecule has 0 spiro atoms. The van der Waals surface area contributed by atoms with Crippen LogP contribution in [0.3, 0.4) is 0 Å². The highest BCUT2D eigenvalue weighted by Gasteiger charge is 2.22. The lowest BCUT2D eigenvalue weighted by molar-refractivity contribution is -0.117. The quantitative estimate of drug-likeness (QED) is 0.506. The third kappa shape index (κ3) is 3.48. The first-order valence-corrected chi connectivity index (χ1v) is 9.76. The van der Waals surface area contributed by atoms with Crippen LogP contribution in [0.15, 0.2) is 51.7 Å². The van der Waals surface area contributed by atoms with Crippen molar-refractivity contribution < 1.29 is 4.79 Å². The summed E-state index contributed by atoms with van der Waals surface area (Å²) in [5.74, 6) is -0.0292. The molecule has 5 nitrogen and oxygen atoms in total. The van der Waals surface area contributed by atoms with Gasteiger partial charge in [-0.25, -0.2) is 4.98 Å². The van der Waals surface area contributed by atoms with Gasteiger partial charge in [0, 0.05) is 19.3 Å². The lowest BCUT2D eigenvalue weighted by atomic mass is 10.3. The number of hydrogen-bond acceptors (Lipinski definition) is 5. The minimum atomic E-state index is -0.356. The van der Waals surface area contributed by atoms with Gasteiger partial charge in [-0.3, -0.25) is 14.2 Å². The molecule has 0 saturated carbocycles. The second kappa shape index (κ2) is 7.41. The summed E-state index contributed by atoms with van der Waals surface area (Å²) in [5, 5.41) is 2.09. The Morgan fingerprint density at radius 1 is 1.32 bits per heavy atom. The number of hydrogen-bond donors (Lipinski definition) is 0. The smallest absolute Gasteiger partial charge is 0.272 e. The van der Waals surface area contributed by atoms with Crippen LogP contribution in [0.2, 0.25) is 0 Å². The predicted octanol–water partition coefficient (Wildman–Crippen LogP) is 3.62. The summed E-state index contributed by atoms with van der Waals surface area (Å²) in [6, 6.07) is 11.4. The van der Waals surface area contributed by atoms with Gasteiger partial charge in [0.1, 0.15) is 4.70 Å². The summed E-state index contributed by atoms with van der Waals surface area (Å²) in [7, 11) is 1.76. The van der Waals surface area contributed by atoms with E-state index in [9.17, 15) is 9.59 Å². The number of anilines is 1. The topological polar surface area (TPSA) is 55.2 Å². The van der Waals surface area contributed by atoms with Gasteiger partial charge in [-0.1, -0.05) is 30.0 Å². The van der Waals surface area contributed by atoms with Crippen molar-refractivity contribution >= 4 is 44.9 Å². The molecule has 2 aromatic heterocycles. The SMILES string of the molecule is CCn1c(SC(C)C(=O)N(C)c2ccccc2)nc2ccsc2c1=O. The van der Waals surface area contributed by atoms with Gasteiger partial charge >= 0.3 is 0 Å². The second-order valence-electron chi connectivity index (χ2n) is 5.57. The number of benzene rings is 1. The first kappa shape index (κ1) is 17.7. The van der Waals surface area contributed by atoms with E-state index in [0.29, 0.717) is 21.9 Å². The first-order chi connectivity index (χ1) is 12.0. The number of carbonyl (C=O) groups excluding carboxylic acids is 1. The summed E-state index contributed by atoms with van der Waals surface area (Å²) in [4.78, 5) is 31.5. The van der Waals surface area contributed by atoms with Crippen LogP contribution in [0.5, 0.6) is 0 Å². The fraction of sp³-hybridized carbons (Fsp3) is 0.278. The first-order valence-electron chi connectivity index (χ1n) is 8.00. The Morgan fingerprint density at radius 3 is 2.72 bits per heavy atom. The Labute approximate surface area is 154 Å². The normalized spacial score (nSPS) is 12.3. The van der Waals surface area contributed by atoms with E-state index in [1.807, 2.05) is 55.6 Å². The van der Waals surface area contributed by atoms with E-state index in [0.717, 1.165) is 5.69 Å². The molecule has 3 rings (SSSR count). The molecule has 0 aliphatic carbocycles.